The van der Waals surface area contributed by atoms with Gasteiger partial charge in [-0.15, -0.1) is 5.10 Å². The number of methoxy groups -OCH3 is 1. The fourth-order valence-electron chi connectivity index (χ4n) is 3.71. The molecule has 0 saturated carbocycles. The number of halogens is 3. The van der Waals surface area contributed by atoms with Crippen LogP contribution in [0.25, 0.3) is 16.8 Å². The fraction of sp³-hybridized carbons (Fsp3) is 0.259. The number of nitrogens with zero attached hydrogens (tertiary/aromatic N) is 3. The van der Waals surface area contributed by atoms with Crippen LogP contribution >= 0.6 is 0 Å². The van der Waals surface area contributed by atoms with E-state index in [1.807, 2.05) is 26.8 Å². The van der Waals surface area contributed by atoms with E-state index in [-0.39, 0.29) is 17.1 Å². The molecule has 0 spiro atoms. The normalized spacial score (nSPS) is 11.8. The molecule has 4 rings (SSSR count). The van der Waals surface area contributed by atoms with Gasteiger partial charge in [0.15, 0.2) is 5.65 Å². The van der Waals surface area contributed by atoms with Crippen molar-refractivity contribution in [2.24, 2.45) is 0 Å². The molecule has 0 fully saturated rings. The van der Waals surface area contributed by atoms with E-state index in [0.717, 1.165) is 11.1 Å². The zero-order valence-corrected chi connectivity index (χ0v) is 21.7. The van der Waals surface area contributed by atoms with E-state index in [4.69, 9.17) is 4.74 Å². The highest BCUT2D eigenvalue weighted by Gasteiger charge is 2.31. The number of carbonyl (C=O) groups excluding carboxylic acids is 2. The first kappa shape index (κ1) is 27.4. The van der Waals surface area contributed by atoms with Gasteiger partial charge >= 0.3 is 6.18 Å². The molecule has 0 atom stereocenters. The third kappa shape index (κ3) is 7.24. The van der Waals surface area contributed by atoms with Crippen molar-refractivity contribution in [3.05, 3.63) is 66.4 Å². The number of hydrogen-bond acceptors (Lipinski definition) is 6. The number of amides is 2. The number of carbonyl (C=O) groups is 2. The minimum Gasteiger partial charge on any atom is -0.495 e. The van der Waals surface area contributed by atoms with Gasteiger partial charge in [-0.2, -0.15) is 18.2 Å². The smallest absolute Gasteiger partial charge is 0.397 e. The molecule has 2 amide bonds. The molecule has 0 aliphatic heterocycles. The molecule has 3 N–H and O–H groups in total. The van der Waals surface area contributed by atoms with Crippen LogP contribution in [0, 0.1) is 0 Å². The number of benzene rings is 2. The Bertz CT molecular complexity index is 1510. The Morgan fingerprint density at radius 1 is 0.974 bits per heavy atom. The van der Waals surface area contributed by atoms with Gasteiger partial charge in [-0.1, -0.05) is 12.1 Å². The Labute approximate surface area is 222 Å². The van der Waals surface area contributed by atoms with Crippen molar-refractivity contribution in [3.63, 3.8) is 0 Å². The van der Waals surface area contributed by atoms with Gasteiger partial charge in [0.1, 0.15) is 12.2 Å². The van der Waals surface area contributed by atoms with Gasteiger partial charge in [-0.05, 0) is 68.8 Å². The Morgan fingerprint density at radius 2 is 1.67 bits per heavy atom. The first-order valence-electron chi connectivity index (χ1n) is 11.9. The SMILES string of the molecule is COc1cc(C(=O)NC(C)(C)C)ccc1Nc1nc2ccc(-c3ccc(NC(=O)CC(F)(F)F)cc3)cn2n1. The van der Waals surface area contributed by atoms with Crippen molar-refractivity contribution in [3.8, 4) is 16.9 Å². The lowest BCUT2D eigenvalue weighted by atomic mass is 10.1. The standard InChI is InChI=1S/C27H27F3N6O3/c1-26(2,3)34-24(38)17-7-11-20(21(13-17)39-4)32-25-33-22-12-8-18(15-36(22)35-25)16-5-9-19(10-6-16)31-23(37)14-27(28,29)30/h5-13,15H,14H2,1-4H3,(H,31,37)(H,32,35)(H,34,38). The Balaban J connectivity index is 1.49. The number of rotatable bonds is 7. The van der Waals surface area contributed by atoms with Gasteiger partial charge in [0, 0.05) is 28.6 Å². The quantitative estimate of drug-likeness (QED) is 0.283. The van der Waals surface area contributed by atoms with Crippen LogP contribution in [0.3, 0.4) is 0 Å². The van der Waals surface area contributed by atoms with E-state index < -0.39 is 18.5 Å². The molecule has 0 unspecified atom stereocenters. The average molecular weight is 541 g/mol. The third-order valence-electron chi connectivity index (χ3n) is 5.39. The molecule has 39 heavy (non-hydrogen) atoms. The maximum absolute atomic E-state index is 12.5. The monoisotopic (exact) mass is 540 g/mol. The number of alkyl halides is 3. The van der Waals surface area contributed by atoms with E-state index in [1.54, 1.807) is 47.1 Å². The van der Waals surface area contributed by atoms with Crippen LogP contribution in [-0.2, 0) is 4.79 Å². The molecule has 2 aromatic carbocycles. The van der Waals surface area contributed by atoms with E-state index >= 15 is 0 Å². The summed E-state index contributed by atoms with van der Waals surface area (Å²) in [7, 11) is 1.50. The molecule has 2 aromatic heterocycles. The molecule has 12 heteroatoms. The van der Waals surface area contributed by atoms with E-state index in [9.17, 15) is 22.8 Å². The second-order valence-electron chi connectivity index (χ2n) is 9.82. The molecular formula is C27H27F3N6O3. The molecule has 0 radical (unpaired) electrons. The van der Waals surface area contributed by atoms with Crippen LogP contribution in [0.1, 0.15) is 37.6 Å². The highest BCUT2D eigenvalue weighted by molar-refractivity contribution is 5.96. The van der Waals surface area contributed by atoms with Crippen molar-refractivity contribution in [2.45, 2.75) is 38.9 Å². The Hall–Kier alpha value is -4.61. The average Bonchev–Trinajstić information content (AvgIpc) is 3.24. The maximum Gasteiger partial charge on any atom is 0.397 e. The van der Waals surface area contributed by atoms with Crippen LogP contribution in [-0.4, -0.2) is 45.2 Å². The van der Waals surface area contributed by atoms with Crippen LogP contribution in [0.4, 0.5) is 30.5 Å². The number of fused-ring (bicyclic) bond motifs is 1. The predicted molar refractivity (Wildman–Crippen MR) is 141 cm³/mol. The summed E-state index contributed by atoms with van der Waals surface area (Å²) < 4.78 is 44.2. The first-order valence-corrected chi connectivity index (χ1v) is 11.9. The summed E-state index contributed by atoms with van der Waals surface area (Å²) in [5.41, 5.74) is 3.01. The minimum absolute atomic E-state index is 0.220. The lowest BCUT2D eigenvalue weighted by molar-refractivity contribution is -0.150. The summed E-state index contributed by atoms with van der Waals surface area (Å²) in [6, 6.07) is 15.0. The Morgan fingerprint density at radius 3 is 2.31 bits per heavy atom. The molecule has 4 aromatic rings. The van der Waals surface area contributed by atoms with Crippen LogP contribution in [0.5, 0.6) is 5.75 Å². The molecule has 0 aliphatic carbocycles. The van der Waals surface area contributed by atoms with E-state index in [2.05, 4.69) is 26.0 Å². The highest BCUT2D eigenvalue weighted by Crippen LogP contribution is 2.29. The van der Waals surface area contributed by atoms with Crippen molar-refractivity contribution < 1.29 is 27.5 Å². The number of hydrogen-bond donors (Lipinski definition) is 3. The predicted octanol–water partition coefficient (Wildman–Crippen LogP) is 5.57. The summed E-state index contributed by atoms with van der Waals surface area (Å²) in [5, 5.41) is 12.7. The van der Waals surface area contributed by atoms with Gasteiger partial charge in [0.25, 0.3) is 5.91 Å². The van der Waals surface area contributed by atoms with Gasteiger partial charge in [0.2, 0.25) is 11.9 Å². The summed E-state index contributed by atoms with van der Waals surface area (Å²) in [6.07, 6.45) is -4.36. The summed E-state index contributed by atoms with van der Waals surface area (Å²) in [5.74, 6) is -0.597. The van der Waals surface area contributed by atoms with E-state index in [1.165, 1.54) is 19.2 Å². The van der Waals surface area contributed by atoms with Crippen molar-refractivity contribution in [2.75, 3.05) is 17.7 Å². The zero-order valence-electron chi connectivity index (χ0n) is 21.7. The van der Waals surface area contributed by atoms with Gasteiger partial charge < -0.3 is 20.7 Å². The lowest BCUT2D eigenvalue weighted by Crippen LogP contribution is -2.40. The molecule has 0 bridgehead atoms. The Kier molecular flexibility index (Phi) is 7.48. The van der Waals surface area contributed by atoms with Crippen LogP contribution < -0.4 is 20.7 Å². The number of nitrogens with one attached hydrogen (secondary N) is 3. The summed E-state index contributed by atoms with van der Waals surface area (Å²) >= 11 is 0. The largest absolute Gasteiger partial charge is 0.495 e. The number of aromatic nitrogens is 3. The van der Waals surface area contributed by atoms with Crippen molar-refractivity contribution in [1.29, 1.82) is 0 Å². The number of anilines is 3. The van der Waals surface area contributed by atoms with Crippen molar-refractivity contribution >= 4 is 34.8 Å². The molecule has 9 nitrogen and oxygen atoms in total. The minimum atomic E-state index is -4.57. The van der Waals surface area contributed by atoms with Crippen LogP contribution in [0.15, 0.2) is 60.8 Å². The maximum atomic E-state index is 12.5. The second-order valence-corrected chi connectivity index (χ2v) is 9.82. The molecular weight excluding hydrogens is 513 g/mol. The summed E-state index contributed by atoms with van der Waals surface area (Å²) in [4.78, 5) is 28.5. The van der Waals surface area contributed by atoms with Gasteiger partial charge in [0.05, 0.1) is 12.8 Å². The number of pyridine rings is 1. The number of ether oxygens (including phenoxy) is 1. The molecule has 2 heterocycles. The van der Waals surface area contributed by atoms with Crippen LogP contribution in [0.2, 0.25) is 0 Å². The van der Waals surface area contributed by atoms with Crippen molar-refractivity contribution in [1.82, 2.24) is 19.9 Å². The van der Waals surface area contributed by atoms with Gasteiger partial charge in [-0.3, -0.25) is 9.59 Å². The fourth-order valence-corrected chi connectivity index (χ4v) is 3.71. The highest BCUT2D eigenvalue weighted by atomic mass is 19.4. The summed E-state index contributed by atoms with van der Waals surface area (Å²) in [6.45, 7) is 5.70. The van der Waals surface area contributed by atoms with E-state index in [0.29, 0.717) is 28.6 Å². The first-order chi connectivity index (χ1) is 18.3. The topological polar surface area (TPSA) is 110 Å². The molecule has 0 aliphatic rings. The molecule has 0 saturated heterocycles. The molecule has 204 valence electrons. The van der Waals surface area contributed by atoms with Gasteiger partial charge in [-0.25, -0.2) is 4.52 Å². The lowest BCUT2D eigenvalue weighted by Gasteiger charge is -2.21. The zero-order chi connectivity index (χ0) is 28.4. The third-order valence-corrected chi connectivity index (χ3v) is 5.39. The second kappa shape index (κ2) is 10.6.